The topological polar surface area (TPSA) is 91.2 Å². The maximum Gasteiger partial charge on any atom is 0.260 e. The summed E-state index contributed by atoms with van der Waals surface area (Å²) in [6.07, 6.45) is 4.17. The zero-order chi connectivity index (χ0) is 18.1. The predicted octanol–water partition coefficient (Wildman–Crippen LogP) is 3.03. The monoisotopic (exact) mass is 368 g/mol. The maximum absolute atomic E-state index is 12.3. The van der Waals surface area contributed by atoms with Gasteiger partial charge < -0.3 is 16.0 Å². The van der Waals surface area contributed by atoms with E-state index in [-0.39, 0.29) is 5.91 Å². The van der Waals surface area contributed by atoms with Crippen LogP contribution in [0.25, 0.3) is 21.3 Å². The number of carbonyl (C=O) groups excluding carboxylic acids is 2. The Labute approximate surface area is 155 Å². The van der Waals surface area contributed by atoms with Crippen LogP contribution in [-0.4, -0.2) is 41.3 Å². The van der Waals surface area contributed by atoms with Crippen LogP contribution < -0.4 is 11.1 Å². The van der Waals surface area contributed by atoms with Crippen LogP contribution in [-0.2, 0) is 4.79 Å². The smallest absolute Gasteiger partial charge is 0.260 e. The molecule has 3 aromatic rings. The third-order valence-electron chi connectivity index (χ3n) is 4.65. The van der Waals surface area contributed by atoms with Crippen molar-refractivity contribution in [2.45, 2.75) is 12.8 Å². The Morgan fingerprint density at radius 2 is 2.00 bits per heavy atom. The Morgan fingerprint density at radius 1 is 1.23 bits per heavy atom. The number of benzene rings is 1. The first kappa shape index (κ1) is 16.8. The number of anilines is 1. The van der Waals surface area contributed by atoms with Gasteiger partial charge >= 0.3 is 0 Å². The molecule has 7 heteroatoms. The second-order valence-corrected chi connectivity index (χ2v) is 7.55. The van der Waals surface area contributed by atoms with Crippen LogP contribution in [0.5, 0.6) is 0 Å². The maximum atomic E-state index is 12.3. The molecule has 0 aliphatic carbocycles. The molecule has 3 heterocycles. The first-order valence-corrected chi connectivity index (χ1v) is 9.46. The van der Waals surface area contributed by atoms with Gasteiger partial charge in [-0.25, -0.2) is 0 Å². The highest BCUT2D eigenvalue weighted by atomic mass is 32.1. The number of thiophene rings is 1. The van der Waals surface area contributed by atoms with Gasteiger partial charge in [0.15, 0.2) is 0 Å². The normalized spacial score (nSPS) is 14.8. The Bertz CT molecular complexity index is 969. The number of aromatic nitrogens is 1. The van der Waals surface area contributed by atoms with E-state index in [1.165, 1.54) is 11.3 Å². The summed E-state index contributed by atoms with van der Waals surface area (Å²) < 4.78 is 0. The van der Waals surface area contributed by atoms with Gasteiger partial charge in [0.2, 0.25) is 5.91 Å². The lowest BCUT2D eigenvalue weighted by Crippen LogP contribution is -2.31. The summed E-state index contributed by atoms with van der Waals surface area (Å²) in [5.74, 6) is -0.643. The van der Waals surface area contributed by atoms with Crippen molar-refractivity contribution < 1.29 is 9.59 Å². The molecule has 1 aromatic carbocycles. The number of amides is 2. The van der Waals surface area contributed by atoms with Crippen molar-refractivity contribution in [2.24, 2.45) is 5.73 Å². The molecule has 4 N–H and O–H groups in total. The predicted molar refractivity (Wildman–Crippen MR) is 104 cm³/mol. The summed E-state index contributed by atoms with van der Waals surface area (Å²) in [4.78, 5) is 30.8. The minimum absolute atomic E-state index is 0.113. The van der Waals surface area contributed by atoms with Gasteiger partial charge in [0.25, 0.3) is 5.91 Å². The number of fused-ring (bicyclic) bond motifs is 1. The van der Waals surface area contributed by atoms with Crippen LogP contribution in [0.3, 0.4) is 0 Å². The van der Waals surface area contributed by atoms with E-state index < -0.39 is 5.91 Å². The number of rotatable bonds is 5. The molecule has 134 valence electrons. The third-order valence-corrected chi connectivity index (χ3v) is 5.83. The number of carbonyl (C=O) groups is 2. The second kappa shape index (κ2) is 6.93. The summed E-state index contributed by atoms with van der Waals surface area (Å²) in [5.41, 5.74) is 8.05. The number of H-pyrrole nitrogens is 1. The molecule has 0 saturated carbocycles. The van der Waals surface area contributed by atoms with Crippen molar-refractivity contribution in [3.05, 3.63) is 41.4 Å². The first-order valence-electron chi connectivity index (χ1n) is 8.64. The molecule has 4 rings (SSSR count). The van der Waals surface area contributed by atoms with Gasteiger partial charge in [-0.3, -0.25) is 14.5 Å². The molecule has 2 amide bonds. The van der Waals surface area contributed by atoms with Crippen molar-refractivity contribution in [3.8, 4) is 10.4 Å². The van der Waals surface area contributed by atoms with Crippen LogP contribution >= 0.6 is 11.3 Å². The average molecular weight is 368 g/mol. The zero-order valence-corrected chi connectivity index (χ0v) is 15.1. The van der Waals surface area contributed by atoms with Gasteiger partial charge in [-0.05, 0) is 38.1 Å². The van der Waals surface area contributed by atoms with Crippen LogP contribution in [0.4, 0.5) is 5.69 Å². The van der Waals surface area contributed by atoms with Crippen molar-refractivity contribution in [2.75, 3.05) is 25.0 Å². The highest BCUT2D eigenvalue weighted by Crippen LogP contribution is 2.38. The Kier molecular flexibility index (Phi) is 4.48. The third kappa shape index (κ3) is 3.23. The van der Waals surface area contributed by atoms with Gasteiger partial charge in [-0.1, -0.05) is 18.2 Å². The fourth-order valence-electron chi connectivity index (χ4n) is 3.41. The second-order valence-electron chi connectivity index (χ2n) is 6.50. The summed E-state index contributed by atoms with van der Waals surface area (Å²) in [5, 5.41) is 3.94. The lowest BCUT2D eigenvalue weighted by molar-refractivity contribution is -0.117. The zero-order valence-electron chi connectivity index (χ0n) is 14.2. The molecule has 1 aliphatic rings. The number of primary amides is 1. The van der Waals surface area contributed by atoms with E-state index in [1.54, 1.807) is 0 Å². The number of hydrogen-bond acceptors (Lipinski definition) is 4. The minimum atomic E-state index is -0.530. The molecule has 1 aliphatic heterocycles. The van der Waals surface area contributed by atoms with Crippen molar-refractivity contribution in [1.82, 2.24) is 9.88 Å². The van der Waals surface area contributed by atoms with Gasteiger partial charge in [0, 0.05) is 27.5 Å². The Balaban J connectivity index is 1.62. The van der Waals surface area contributed by atoms with Crippen LogP contribution in [0.15, 0.2) is 36.5 Å². The van der Waals surface area contributed by atoms with Crippen LogP contribution in [0, 0.1) is 0 Å². The highest BCUT2D eigenvalue weighted by molar-refractivity contribution is 7.18. The summed E-state index contributed by atoms with van der Waals surface area (Å²) in [7, 11) is 0. The number of aromatic amines is 1. The minimum Gasteiger partial charge on any atom is -0.365 e. The van der Waals surface area contributed by atoms with Gasteiger partial charge in [-0.15, -0.1) is 11.3 Å². The molecule has 2 aromatic heterocycles. The number of likely N-dealkylation sites (tertiary alicyclic amines) is 1. The number of hydrogen-bond donors (Lipinski definition) is 3. The lowest BCUT2D eigenvalue weighted by Gasteiger charge is -2.13. The Morgan fingerprint density at radius 3 is 2.77 bits per heavy atom. The van der Waals surface area contributed by atoms with E-state index in [0.29, 0.717) is 17.1 Å². The number of nitrogens with one attached hydrogen (secondary N) is 2. The summed E-state index contributed by atoms with van der Waals surface area (Å²) in [6.45, 7) is 2.23. The molecule has 0 spiro atoms. The molecule has 6 nitrogen and oxygen atoms in total. The van der Waals surface area contributed by atoms with Crippen LogP contribution in [0.2, 0.25) is 0 Å². The standard InChI is InChI=1S/C19H20N4O2S/c20-19(25)18-15(22-17(24)11-23-7-3-4-8-23)9-16(26-18)13-10-21-14-6-2-1-5-12(13)14/h1-2,5-6,9-10,21H,3-4,7-8,11H2,(H2,20,25)(H,22,24). The lowest BCUT2D eigenvalue weighted by atomic mass is 10.1. The molecule has 1 saturated heterocycles. The fourth-order valence-corrected chi connectivity index (χ4v) is 4.40. The molecule has 0 unspecified atom stereocenters. The fraction of sp³-hybridized carbons (Fsp3) is 0.263. The van der Waals surface area contributed by atoms with E-state index in [4.69, 9.17) is 5.73 Å². The number of nitrogens with two attached hydrogens (primary N) is 1. The van der Waals surface area contributed by atoms with Gasteiger partial charge in [0.1, 0.15) is 4.88 Å². The quantitative estimate of drug-likeness (QED) is 0.646. The number of nitrogens with zero attached hydrogens (tertiary/aromatic N) is 1. The largest absolute Gasteiger partial charge is 0.365 e. The Hall–Kier alpha value is -2.64. The molecule has 0 bridgehead atoms. The molecular weight excluding hydrogens is 348 g/mol. The summed E-state index contributed by atoms with van der Waals surface area (Å²) >= 11 is 1.30. The molecular formula is C19H20N4O2S. The highest BCUT2D eigenvalue weighted by Gasteiger charge is 2.20. The van der Waals surface area contributed by atoms with E-state index in [1.807, 2.05) is 36.5 Å². The average Bonchev–Trinajstić information content (AvgIpc) is 3.33. The van der Waals surface area contributed by atoms with E-state index >= 15 is 0 Å². The van der Waals surface area contributed by atoms with Crippen molar-refractivity contribution in [3.63, 3.8) is 0 Å². The van der Waals surface area contributed by atoms with Gasteiger partial charge in [-0.2, -0.15) is 0 Å². The van der Waals surface area contributed by atoms with E-state index in [9.17, 15) is 9.59 Å². The number of para-hydroxylation sites is 1. The first-order chi connectivity index (χ1) is 12.6. The van der Waals surface area contributed by atoms with Crippen molar-refractivity contribution in [1.29, 1.82) is 0 Å². The molecule has 0 atom stereocenters. The molecule has 0 radical (unpaired) electrons. The molecule has 1 fully saturated rings. The van der Waals surface area contributed by atoms with Crippen LogP contribution in [0.1, 0.15) is 22.5 Å². The van der Waals surface area contributed by atoms with Gasteiger partial charge in [0.05, 0.1) is 12.2 Å². The van der Waals surface area contributed by atoms with Crippen molar-refractivity contribution >= 4 is 39.7 Å². The molecule has 26 heavy (non-hydrogen) atoms. The summed E-state index contributed by atoms with van der Waals surface area (Å²) in [6, 6.07) is 9.80. The van der Waals surface area contributed by atoms with E-state index in [2.05, 4.69) is 15.2 Å². The van der Waals surface area contributed by atoms with E-state index in [0.717, 1.165) is 47.3 Å². The SMILES string of the molecule is NC(=O)c1sc(-c2c[nH]c3ccccc23)cc1NC(=O)CN1CCCC1.